The van der Waals surface area contributed by atoms with E-state index in [2.05, 4.69) is 50.6 Å². The van der Waals surface area contributed by atoms with Crippen molar-refractivity contribution in [1.29, 1.82) is 0 Å². The second-order valence-corrected chi connectivity index (χ2v) is 5.64. The van der Waals surface area contributed by atoms with E-state index in [0.717, 1.165) is 10.9 Å². The molecule has 5 nitrogen and oxygen atoms in total. The fourth-order valence-electron chi connectivity index (χ4n) is 1.65. The van der Waals surface area contributed by atoms with Gasteiger partial charge in [0.15, 0.2) is 5.69 Å². The van der Waals surface area contributed by atoms with Gasteiger partial charge < -0.3 is 10.6 Å². The first-order chi connectivity index (χ1) is 10.1. The highest BCUT2D eigenvalue weighted by molar-refractivity contribution is 9.10. The van der Waals surface area contributed by atoms with Gasteiger partial charge in [0.05, 0.1) is 0 Å². The van der Waals surface area contributed by atoms with Crippen molar-refractivity contribution in [2.75, 3.05) is 10.6 Å². The van der Waals surface area contributed by atoms with Crippen LogP contribution in [0.2, 0.25) is 0 Å². The fraction of sp³-hybridized carbons (Fsp3) is 0.267. The molecule has 1 atom stereocenters. The van der Waals surface area contributed by atoms with Crippen LogP contribution in [0.3, 0.4) is 0 Å². The maximum absolute atomic E-state index is 12.1. The van der Waals surface area contributed by atoms with Crippen LogP contribution in [0.1, 0.15) is 30.8 Å². The van der Waals surface area contributed by atoms with Crippen molar-refractivity contribution < 1.29 is 4.79 Å². The van der Waals surface area contributed by atoms with E-state index in [4.69, 9.17) is 0 Å². The highest BCUT2D eigenvalue weighted by atomic mass is 79.9. The smallest absolute Gasteiger partial charge is 0.276 e. The van der Waals surface area contributed by atoms with Crippen molar-refractivity contribution in [1.82, 2.24) is 10.2 Å². The van der Waals surface area contributed by atoms with Crippen molar-refractivity contribution in [3.8, 4) is 0 Å². The van der Waals surface area contributed by atoms with Crippen LogP contribution < -0.4 is 10.6 Å². The molecule has 0 bridgehead atoms. The predicted octanol–water partition coefficient (Wildman–Crippen LogP) is 3.70. The topological polar surface area (TPSA) is 66.9 Å². The average molecular weight is 349 g/mol. The molecule has 1 unspecified atom stereocenters. The van der Waals surface area contributed by atoms with Crippen molar-refractivity contribution >= 4 is 33.3 Å². The second-order valence-electron chi connectivity index (χ2n) is 4.72. The first-order valence-corrected chi connectivity index (χ1v) is 7.55. The molecule has 0 aliphatic rings. The van der Waals surface area contributed by atoms with Crippen LogP contribution in [0, 0.1) is 0 Å². The van der Waals surface area contributed by atoms with Crippen molar-refractivity contribution in [2.45, 2.75) is 26.3 Å². The van der Waals surface area contributed by atoms with E-state index >= 15 is 0 Å². The monoisotopic (exact) mass is 348 g/mol. The number of amides is 1. The zero-order valence-corrected chi connectivity index (χ0v) is 13.5. The largest absolute Gasteiger partial charge is 0.366 e. The van der Waals surface area contributed by atoms with Gasteiger partial charge in [0.25, 0.3) is 5.91 Å². The Morgan fingerprint density at radius 2 is 2.10 bits per heavy atom. The number of nitrogens with zero attached hydrogens (tertiary/aromatic N) is 2. The molecule has 2 rings (SSSR count). The molecule has 21 heavy (non-hydrogen) atoms. The Balaban J connectivity index is 2.03. The summed E-state index contributed by atoms with van der Waals surface area (Å²) in [6, 6.07) is 11.1. The normalized spacial score (nSPS) is 11.8. The molecule has 6 heteroatoms. The van der Waals surface area contributed by atoms with E-state index in [1.54, 1.807) is 12.1 Å². The number of hydrogen-bond acceptors (Lipinski definition) is 4. The number of halogens is 1. The van der Waals surface area contributed by atoms with Crippen molar-refractivity contribution in [2.24, 2.45) is 0 Å². The molecule has 0 saturated heterocycles. The Bertz CT molecular complexity index is 615. The number of carbonyl (C=O) groups is 1. The van der Waals surface area contributed by atoms with E-state index in [1.165, 1.54) is 0 Å². The van der Waals surface area contributed by atoms with Crippen LogP contribution in [0.25, 0.3) is 0 Å². The van der Waals surface area contributed by atoms with Crippen LogP contribution >= 0.6 is 15.9 Å². The van der Waals surface area contributed by atoms with Gasteiger partial charge in [-0.05, 0) is 43.7 Å². The third-order valence-corrected chi connectivity index (χ3v) is 3.48. The summed E-state index contributed by atoms with van der Waals surface area (Å²) in [4.78, 5) is 12.1. The quantitative estimate of drug-likeness (QED) is 0.864. The number of rotatable bonds is 5. The summed E-state index contributed by atoms with van der Waals surface area (Å²) in [7, 11) is 0. The lowest BCUT2D eigenvalue weighted by molar-refractivity contribution is 0.102. The minimum Gasteiger partial charge on any atom is -0.366 e. The molecule has 2 N–H and O–H groups in total. The Morgan fingerprint density at radius 1 is 1.29 bits per heavy atom. The molecule has 1 aromatic heterocycles. The van der Waals surface area contributed by atoms with Crippen molar-refractivity contribution in [3.05, 3.63) is 46.6 Å². The summed E-state index contributed by atoms with van der Waals surface area (Å²) in [5.41, 5.74) is 0.989. The number of anilines is 2. The first kappa shape index (κ1) is 15.4. The third-order valence-electron chi connectivity index (χ3n) is 2.99. The zero-order chi connectivity index (χ0) is 15.2. The molecule has 0 aliphatic heterocycles. The van der Waals surface area contributed by atoms with E-state index < -0.39 is 0 Å². The SMILES string of the molecule is CCC(C)Nc1ccc(C(=O)Nc2cccc(Br)c2)nn1. The highest BCUT2D eigenvalue weighted by Crippen LogP contribution is 2.16. The molecule has 0 aliphatic carbocycles. The molecule has 2 aromatic rings. The second kappa shape index (κ2) is 7.17. The number of nitrogens with one attached hydrogen (secondary N) is 2. The van der Waals surface area contributed by atoms with Crippen molar-refractivity contribution in [3.63, 3.8) is 0 Å². The van der Waals surface area contributed by atoms with Gasteiger partial charge >= 0.3 is 0 Å². The first-order valence-electron chi connectivity index (χ1n) is 6.75. The molecular weight excluding hydrogens is 332 g/mol. The Kier molecular flexibility index (Phi) is 5.27. The molecular formula is C15H17BrN4O. The van der Waals surface area contributed by atoms with Gasteiger partial charge in [0, 0.05) is 16.2 Å². The molecule has 0 fully saturated rings. The maximum Gasteiger partial charge on any atom is 0.276 e. The summed E-state index contributed by atoms with van der Waals surface area (Å²) in [6.07, 6.45) is 0.993. The van der Waals surface area contributed by atoms with Gasteiger partial charge in [-0.25, -0.2) is 0 Å². The Labute approximate surface area is 132 Å². The van der Waals surface area contributed by atoms with Crippen LogP contribution in [0.5, 0.6) is 0 Å². The predicted molar refractivity (Wildman–Crippen MR) is 87.5 cm³/mol. The maximum atomic E-state index is 12.1. The van der Waals surface area contributed by atoms with Crippen LogP contribution in [0.15, 0.2) is 40.9 Å². The van der Waals surface area contributed by atoms with E-state index in [0.29, 0.717) is 17.5 Å². The van der Waals surface area contributed by atoms with E-state index in [-0.39, 0.29) is 11.6 Å². The third kappa shape index (κ3) is 4.53. The fourth-order valence-corrected chi connectivity index (χ4v) is 2.05. The standard InChI is InChI=1S/C15H17BrN4O/c1-3-10(2)17-14-8-7-13(19-20-14)15(21)18-12-6-4-5-11(16)9-12/h4-10H,3H2,1-2H3,(H,17,20)(H,18,21). The van der Waals surface area contributed by atoms with Crippen LogP contribution in [0.4, 0.5) is 11.5 Å². The summed E-state index contributed by atoms with van der Waals surface area (Å²) in [5, 5.41) is 13.9. The van der Waals surface area contributed by atoms with Gasteiger partial charge in [-0.15, -0.1) is 10.2 Å². The number of aromatic nitrogens is 2. The van der Waals surface area contributed by atoms with E-state index in [9.17, 15) is 4.79 Å². The van der Waals surface area contributed by atoms with Gasteiger partial charge in [-0.2, -0.15) is 0 Å². The minimum atomic E-state index is -0.282. The van der Waals surface area contributed by atoms with Gasteiger partial charge in [-0.1, -0.05) is 28.9 Å². The van der Waals surface area contributed by atoms with Gasteiger partial charge in [-0.3, -0.25) is 4.79 Å². The Morgan fingerprint density at radius 3 is 2.71 bits per heavy atom. The summed E-state index contributed by atoms with van der Waals surface area (Å²) < 4.78 is 0.902. The lowest BCUT2D eigenvalue weighted by Crippen LogP contribution is -2.17. The number of hydrogen-bond donors (Lipinski definition) is 2. The van der Waals surface area contributed by atoms with Crippen LogP contribution in [-0.4, -0.2) is 22.1 Å². The number of benzene rings is 1. The Hall–Kier alpha value is -1.95. The lowest BCUT2D eigenvalue weighted by Gasteiger charge is -2.11. The van der Waals surface area contributed by atoms with E-state index in [1.807, 2.05) is 24.3 Å². The molecule has 1 amide bonds. The molecule has 0 radical (unpaired) electrons. The zero-order valence-electron chi connectivity index (χ0n) is 11.9. The molecule has 0 spiro atoms. The number of carbonyl (C=O) groups excluding carboxylic acids is 1. The molecule has 1 aromatic carbocycles. The highest BCUT2D eigenvalue weighted by Gasteiger charge is 2.09. The molecule has 110 valence electrons. The van der Waals surface area contributed by atoms with Gasteiger partial charge in [0.2, 0.25) is 0 Å². The van der Waals surface area contributed by atoms with Gasteiger partial charge in [0.1, 0.15) is 5.82 Å². The average Bonchev–Trinajstić information content (AvgIpc) is 2.47. The minimum absolute atomic E-state index is 0.282. The molecule has 0 saturated carbocycles. The summed E-state index contributed by atoms with van der Waals surface area (Å²) in [6.45, 7) is 4.15. The lowest BCUT2D eigenvalue weighted by atomic mass is 10.2. The summed E-state index contributed by atoms with van der Waals surface area (Å²) in [5.74, 6) is 0.388. The molecule has 1 heterocycles. The van der Waals surface area contributed by atoms with Crippen LogP contribution in [-0.2, 0) is 0 Å². The summed E-state index contributed by atoms with van der Waals surface area (Å²) >= 11 is 3.36.